The SMILES string of the molecule is CCCCC/C=C\CC[C@H](O)CC(=O)SCCNC(=O)CCNC(=O)[C@H](O)C(C)(C)COP(=O)([O-])OP(=O)([O-])OC[C@H]1O[C@@H](n2cnc3c(N)ncnc32)[C@H](O)[C@@H]1OP(=O)([O-])[O-]. The summed E-state index contributed by atoms with van der Waals surface area (Å²) in [4.78, 5) is 96.5. The van der Waals surface area contributed by atoms with Gasteiger partial charge in [-0.15, -0.1) is 0 Å². The number of fused-ring (bicyclic) bond motifs is 1. The molecule has 0 spiro atoms. The van der Waals surface area contributed by atoms with Crippen LogP contribution < -0.4 is 35.9 Å². The number of nitrogens with two attached hydrogens (primary N) is 1. The van der Waals surface area contributed by atoms with Crippen LogP contribution >= 0.6 is 35.2 Å². The molecular weight excluding hydrogens is 907 g/mol. The van der Waals surface area contributed by atoms with Crippen molar-refractivity contribution >= 4 is 69.1 Å². The van der Waals surface area contributed by atoms with Gasteiger partial charge in [-0.05, 0) is 25.7 Å². The molecule has 25 nitrogen and oxygen atoms in total. The number of nitrogen functional groups attached to an aromatic ring is 1. The molecule has 352 valence electrons. The fraction of sp³-hybridized carbons (Fsp3) is 0.697. The zero-order valence-electron chi connectivity index (χ0n) is 34.0. The van der Waals surface area contributed by atoms with Crippen molar-refractivity contribution in [1.82, 2.24) is 30.2 Å². The van der Waals surface area contributed by atoms with Gasteiger partial charge in [-0.2, -0.15) is 0 Å². The van der Waals surface area contributed by atoms with Crippen molar-refractivity contribution in [3.8, 4) is 0 Å². The highest BCUT2D eigenvalue weighted by Crippen LogP contribution is 2.56. The summed E-state index contributed by atoms with van der Waals surface area (Å²) in [7, 11) is -17.6. The summed E-state index contributed by atoms with van der Waals surface area (Å²) >= 11 is 0.962. The molecule has 3 rings (SSSR count). The second kappa shape index (κ2) is 24.5. The van der Waals surface area contributed by atoms with Crippen LogP contribution in [0.25, 0.3) is 11.2 Å². The summed E-state index contributed by atoms with van der Waals surface area (Å²) in [6, 6.07) is 0. The van der Waals surface area contributed by atoms with Crippen LogP contribution in [0.3, 0.4) is 0 Å². The first-order chi connectivity index (χ1) is 28.9. The molecule has 2 amide bonds. The van der Waals surface area contributed by atoms with Gasteiger partial charge in [0.05, 0.1) is 33.5 Å². The second-order valence-electron chi connectivity index (χ2n) is 14.6. The summed E-state index contributed by atoms with van der Waals surface area (Å²) < 4.78 is 60.6. The number of aliphatic hydroxyl groups excluding tert-OH is 3. The highest BCUT2D eigenvalue weighted by molar-refractivity contribution is 8.13. The highest BCUT2D eigenvalue weighted by Gasteiger charge is 2.47. The molecule has 3 heterocycles. The Morgan fingerprint density at radius 3 is 2.42 bits per heavy atom. The number of anilines is 1. The third-order valence-corrected chi connectivity index (χ3v) is 12.9. The first-order valence-electron chi connectivity index (χ1n) is 19.3. The maximum absolute atomic E-state index is 12.6. The van der Waals surface area contributed by atoms with Crippen LogP contribution in [-0.2, 0) is 50.7 Å². The average Bonchev–Trinajstić information content (AvgIpc) is 3.74. The normalized spacial score (nSPS) is 21.4. The van der Waals surface area contributed by atoms with Crippen molar-refractivity contribution in [3.05, 3.63) is 24.8 Å². The number of aromatic nitrogens is 4. The fourth-order valence-electron chi connectivity index (χ4n) is 5.66. The number of hydrogen-bond donors (Lipinski definition) is 6. The third kappa shape index (κ3) is 18.0. The number of allylic oxidation sites excluding steroid dienone is 2. The standard InChI is InChI=1S/C33H56N7O18P3S/c1-4-5-6-7-8-9-10-11-21(41)16-24(43)62-15-14-35-23(42)12-13-36-31(46)28(45)33(2,3)18-55-61(52,53)58-60(50,51)54-17-22-27(57-59(47,48)49)26(44)32(56-22)40-20-39-25-29(34)37-19-38-30(25)40/h8-9,19-22,26-28,32,41,44-45H,4-7,10-18H2,1-3H3,(H,35,42)(H,36,46)(H,50,51)(H,52,53)(H2,34,37,38)(H2,47,48,49)/p-4/b9-8-/t21-,22+,26+,27+,28-,32+/m0/s1. The number of carbonyl (C=O) groups is 3. The second-order valence-corrected chi connectivity index (χ2v) is 19.8. The number of carbonyl (C=O) groups excluding carboxylic acids is 3. The van der Waals surface area contributed by atoms with Crippen LogP contribution in [0.1, 0.15) is 78.4 Å². The topological polar surface area (TPSA) is 395 Å². The Labute approximate surface area is 361 Å². The van der Waals surface area contributed by atoms with Crippen LogP contribution in [0, 0.1) is 5.41 Å². The maximum Gasteiger partial charge on any atom is 0.274 e. The molecule has 29 heteroatoms. The van der Waals surface area contributed by atoms with Gasteiger partial charge in [0.1, 0.15) is 36.3 Å². The number of rotatable bonds is 28. The fourth-order valence-corrected chi connectivity index (χ4v) is 9.14. The Morgan fingerprint density at radius 2 is 1.73 bits per heavy atom. The lowest BCUT2D eigenvalue weighted by atomic mass is 9.87. The average molecular weight is 960 g/mol. The summed E-state index contributed by atoms with van der Waals surface area (Å²) in [6.07, 6.45) is 1.15. The molecular formula is C33H52N7O18P3S-4. The van der Waals surface area contributed by atoms with Crippen molar-refractivity contribution in [2.75, 3.05) is 37.8 Å². The minimum Gasteiger partial charge on any atom is -0.790 e. The van der Waals surface area contributed by atoms with E-state index >= 15 is 0 Å². The number of phosphoric ester groups is 3. The lowest BCUT2D eigenvalue weighted by Gasteiger charge is -2.36. The summed E-state index contributed by atoms with van der Waals surface area (Å²) in [6.45, 7) is 2.10. The van der Waals surface area contributed by atoms with Crippen molar-refractivity contribution in [1.29, 1.82) is 0 Å². The smallest absolute Gasteiger partial charge is 0.274 e. The quantitative estimate of drug-likeness (QED) is 0.0331. The number of hydrogen-bond acceptors (Lipinski definition) is 23. The first-order valence-corrected chi connectivity index (χ1v) is 24.6. The lowest BCUT2D eigenvalue weighted by molar-refractivity contribution is -0.347. The predicted molar refractivity (Wildman–Crippen MR) is 211 cm³/mol. The Hall–Kier alpha value is -2.74. The molecule has 0 radical (unpaired) electrons. The number of ether oxygens (including phenoxy) is 1. The molecule has 62 heavy (non-hydrogen) atoms. The van der Waals surface area contributed by atoms with E-state index in [1.807, 2.05) is 6.08 Å². The lowest BCUT2D eigenvalue weighted by Crippen LogP contribution is -2.46. The number of nitrogens with one attached hydrogen (secondary N) is 2. The van der Waals surface area contributed by atoms with E-state index in [4.69, 9.17) is 10.5 Å². The van der Waals surface area contributed by atoms with Crippen LogP contribution in [0.4, 0.5) is 5.82 Å². The van der Waals surface area contributed by atoms with Gasteiger partial charge in [0.25, 0.3) is 15.6 Å². The van der Waals surface area contributed by atoms with E-state index < -0.39 is 90.7 Å². The van der Waals surface area contributed by atoms with Gasteiger partial charge in [0.2, 0.25) is 11.8 Å². The van der Waals surface area contributed by atoms with Crippen molar-refractivity contribution in [3.63, 3.8) is 0 Å². The van der Waals surface area contributed by atoms with E-state index in [-0.39, 0.29) is 53.8 Å². The Bertz CT molecular complexity index is 1970. The minimum absolute atomic E-state index is 0.0192. The molecule has 1 fully saturated rings. The van der Waals surface area contributed by atoms with Gasteiger partial charge in [0.15, 0.2) is 22.8 Å². The van der Waals surface area contributed by atoms with Crippen molar-refractivity contribution < 1.29 is 85.6 Å². The van der Waals surface area contributed by atoms with E-state index in [1.165, 1.54) is 13.8 Å². The molecule has 2 aromatic heterocycles. The number of amides is 2. The Morgan fingerprint density at radius 1 is 1.03 bits per heavy atom. The van der Waals surface area contributed by atoms with Crippen LogP contribution in [0.15, 0.2) is 24.8 Å². The molecule has 2 aromatic rings. The van der Waals surface area contributed by atoms with E-state index in [2.05, 4.69) is 56.5 Å². The molecule has 7 N–H and O–H groups in total. The van der Waals surface area contributed by atoms with Crippen molar-refractivity contribution in [2.24, 2.45) is 5.41 Å². The zero-order chi connectivity index (χ0) is 46.3. The molecule has 1 aliphatic rings. The van der Waals surface area contributed by atoms with E-state index in [0.29, 0.717) is 12.8 Å². The molecule has 2 unspecified atom stereocenters. The van der Waals surface area contributed by atoms with Gasteiger partial charge in [-0.25, -0.2) is 19.3 Å². The number of thioether (sulfide) groups is 1. The van der Waals surface area contributed by atoms with Gasteiger partial charge >= 0.3 is 0 Å². The van der Waals surface area contributed by atoms with Crippen LogP contribution in [0.2, 0.25) is 0 Å². The van der Waals surface area contributed by atoms with Crippen LogP contribution in [-0.4, -0.2) is 114 Å². The molecule has 0 bridgehead atoms. The maximum atomic E-state index is 12.6. The molecule has 8 atom stereocenters. The van der Waals surface area contributed by atoms with Crippen LogP contribution in [0.5, 0.6) is 0 Å². The highest BCUT2D eigenvalue weighted by atomic mass is 32.2. The summed E-state index contributed by atoms with van der Waals surface area (Å²) in [5.74, 6) is -1.36. The summed E-state index contributed by atoms with van der Waals surface area (Å²) in [5, 5.41) is 36.1. The predicted octanol–water partition coefficient (Wildman–Crippen LogP) is -1.20. The monoisotopic (exact) mass is 959 g/mol. The molecule has 0 saturated carbocycles. The Kier molecular flexibility index (Phi) is 21.2. The minimum atomic E-state index is -5.93. The number of unbranched alkanes of at least 4 members (excludes halogenated alkanes) is 3. The molecule has 0 aliphatic carbocycles. The number of nitrogens with zero attached hydrogens (tertiary/aromatic N) is 4. The largest absolute Gasteiger partial charge is 0.790 e. The van der Waals surface area contributed by atoms with E-state index in [1.54, 1.807) is 0 Å². The zero-order valence-corrected chi connectivity index (χ0v) is 37.5. The third-order valence-electron chi connectivity index (χ3n) is 8.95. The van der Waals surface area contributed by atoms with Gasteiger partial charge in [-0.1, -0.05) is 57.5 Å². The van der Waals surface area contributed by atoms with E-state index in [9.17, 15) is 63.0 Å². The first kappa shape index (κ1) is 53.6. The van der Waals surface area contributed by atoms with Gasteiger partial charge in [0, 0.05) is 37.1 Å². The van der Waals surface area contributed by atoms with E-state index in [0.717, 1.165) is 54.7 Å². The molecule has 1 saturated heterocycles. The molecule has 1 aliphatic heterocycles. The number of imidazole rings is 1. The Balaban J connectivity index is 1.40. The number of aliphatic hydroxyl groups is 3. The molecule has 0 aromatic carbocycles. The number of phosphoric acid groups is 3. The summed E-state index contributed by atoms with van der Waals surface area (Å²) in [5.41, 5.74) is 4.05. The van der Waals surface area contributed by atoms with Gasteiger partial charge in [-0.3, -0.25) is 28.1 Å². The van der Waals surface area contributed by atoms with Gasteiger partial charge < -0.3 is 74.1 Å². The van der Waals surface area contributed by atoms with Crippen molar-refractivity contribution in [2.45, 2.75) is 109 Å².